The van der Waals surface area contributed by atoms with Crippen molar-refractivity contribution in [3.63, 3.8) is 0 Å². The fourth-order valence-corrected chi connectivity index (χ4v) is 2.23. The Hall–Kier alpha value is -1.40. The molecule has 1 fully saturated rings. The first-order valence-electron chi connectivity index (χ1n) is 5.90. The van der Waals surface area contributed by atoms with E-state index in [4.69, 9.17) is 10.9 Å². The Morgan fingerprint density at radius 3 is 2.76 bits per heavy atom. The van der Waals surface area contributed by atoms with Crippen LogP contribution in [0.15, 0.2) is 6.33 Å². The third kappa shape index (κ3) is 2.48. The van der Waals surface area contributed by atoms with Crippen molar-refractivity contribution in [1.29, 1.82) is 0 Å². The lowest BCUT2D eigenvalue weighted by atomic mass is 9.98. The summed E-state index contributed by atoms with van der Waals surface area (Å²) in [5.74, 6) is 7.43. The molecule has 17 heavy (non-hydrogen) atoms. The standard InChI is InChI=1S/C11H19N5O/c1-8-10(15-12)13-7-14-11(8)16-4-2-9(6-17)3-5-16/h7,9,17H,2-6,12H2,1H3,(H,13,14,15). The zero-order valence-electron chi connectivity index (χ0n) is 10.1. The van der Waals surface area contributed by atoms with Crippen molar-refractivity contribution in [2.45, 2.75) is 19.8 Å². The second-order valence-corrected chi connectivity index (χ2v) is 4.43. The molecule has 4 N–H and O–H groups in total. The molecule has 0 radical (unpaired) electrons. The molecule has 94 valence electrons. The van der Waals surface area contributed by atoms with Crippen molar-refractivity contribution in [3.8, 4) is 0 Å². The highest BCUT2D eigenvalue weighted by atomic mass is 16.3. The quantitative estimate of drug-likeness (QED) is 0.517. The summed E-state index contributed by atoms with van der Waals surface area (Å²) < 4.78 is 0. The Kier molecular flexibility index (Phi) is 3.75. The number of nitrogens with one attached hydrogen (secondary N) is 1. The number of aliphatic hydroxyl groups is 1. The third-order valence-corrected chi connectivity index (χ3v) is 3.37. The minimum absolute atomic E-state index is 0.284. The molecule has 0 saturated carbocycles. The molecule has 0 atom stereocenters. The summed E-state index contributed by atoms with van der Waals surface area (Å²) in [6, 6.07) is 0. The monoisotopic (exact) mass is 237 g/mol. The maximum absolute atomic E-state index is 9.11. The van der Waals surface area contributed by atoms with Crippen LogP contribution in [-0.4, -0.2) is 34.8 Å². The Morgan fingerprint density at radius 1 is 1.47 bits per heavy atom. The summed E-state index contributed by atoms with van der Waals surface area (Å²) in [5.41, 5.74) is 3.55. The number of hydrogen-bond donors (Lipinski definition) is 3. The van der Waals surface area contributed by atoms with Gasteiger partial charge in [0.15, 0.2) is 0 Å². The van der Waals surface area contributed by atoms with Gasteiger partial charge in [0.05, 0.1) is 0 Å². The van der Waals surface area contributed by atoms with Crippen molar-refractivity contribution in [2.75, 3.05) is 30.0 Å². The van der Waals surface area contributed by atoms with Gasteiger partial charge in [0.1, 0.15) is 18.0 Å². The van der Waals surface area contributed by atoms with Gasteiger partial charge in [-0.05, 0) is 25.7 Å². The average molecular weight is 237 g/mol. The van der Waals surface area contributed by atoms with Gasteiger partial charge < -0.3 is 15.4 Å². The van der Waals surface area contributed by atoms with E-state index in [-0.39, 0.29) is 6.61 Å². The van der Waals surface area contributed by atoms with Gasteiger partial charge >= 0.3 is 0 Å². The molecule has 0 unspecified atom stereocenters. The van der Waals surface area contributed by atoms with E-state index in [1.165, 1.54) is 6.33 Å². The highest BCUT2D eigenvalue weighted by Crippen LogP contribution is 2.26. The van der Waals surface area contributed by atoms with Gasteiger partial charge in [0.25, 0.3) is 0 Å². The molecule has 0 amide bonds. The molecule has 1 aliphatic heterocycles. The highest BCUT2D eigenvalue weighted by Gasteiger charge is 2.21. The van der Waals surface area contributed by atoms with Crippen LogP contribution in [-0.2, 0) is 0 Å². The van der Waals surface area contributed by atoms with Crippen molar-refractivity contribution >= 4 is 11.6 Å². The largest absolute Gasteiger partial charge is 0.396 e. The van der Waals surface area contributed by atoms with Crippen LogP contribution in [0.25, 0.3) is 0 Å². The summed E-state index contributed by atoms with van der Waals surface area (Å²) >= 11 is 0. The first-order chi connectivity index (χ1) is 8.26. The van der Waals surface area contributed by atoms with E-state index in [1.807, 2.05) is 6.92 Å². The molecule has 6 heteroatoms. The Bertz CT molecular complexity index is 376. The van der Waals surface area contributed by atoms with Crippen LogP contribution < -0.4 is 16.2 Å². The number of aromatic nitrogens is 2. The number of piperidine rings is 1. The van der Waals surface area contributed by atoms with Gasteiger partial charge in [-0.2, -0.15) is 0 Å². The number of aliphatic hydroxyl groups excluding tert-OH is 1. The SMILES string of the molecule is Cc1c(NN)ncnc1N1CCC(CO)CC1. The summed E-state index contributed by atoms with van der Waals surface area (Å²) in [4.78, 5) is 10.6. The lowest BCUT2D eigenvalue weighted by molar-refractivity contribution is 0.202. The van der Waals surface area contributed by atoms with E-state index in [2.05, 4.69) is 20.3 Å². The third-order valence-electron chi connectivity index (χ3n) is 3.37. The van der Waals surface area contributed by atoms with Crippen LogP contribution in [0, 0.1) is 12.8 Å². The van der Waals surface area contributed by atoms with Crippen molar-refractivity contribution in [1.82, 2.24) is 9.97 Å². The fraction of sp³-hybridized carbons (Fsp3) is 0.636. The summed E-state index contributed by atoms with van der Waals surface area (Å²) in [6.07, 6.45) is 3.53. The average Bonchev–Trinajstić information content (AvgIpc) is 2.39. The van der Waals surface area contributed by atoms with Crippen LogP contribution in [0.2, 0.25) is 0 Å². The molecule has 1 aliphatic rings. The van der Waals surface area contributed by atoms with Gasteiger partial charge in [0.2, 0.25) is 0 Å². The number of hydrazine groups is 1. The van der Waals surface area contributed by atoms with Crippen LogP contribution in [0.4, 0.5) is 11.6 Å². The zero-order chi connectivity index (χ0) is 12.3. The van der Waals surface area contributed by atoms with Gasteiger partial charge in [-0.25, -0.2) is 15.8 Å². The van der Waals surface area contributed by atoms with Crippen LogP contribution >= 0.6 is 0 Å². The zero-order valence-corrected chi connectivity index (χ0v) is 10.1. The normalized spacial score (nSPS) is 17.2. The van der Waals surface area contributed by atoms with Crippen molar-refractivity contribution in [2.24, 2.45) is 11.8 Å². The fourth-order valence-electron chi connectivity index (χ4n) is 2.23. The predicted octanol–water partition coefficient (Wildman–Crippen LogP) is 0.279. The first-order valence-corrected chi connectivity index (χ1v) is 5.90. The summed E-state index contributed by atoms with van der Waals surface area (Å²) in [5, 5.41) is 9.11. The molecule has 0 aromatic carbocycles. The lowest BCUT2D eigenvalue weighted by Gasteiger charge is -2.32. The van der Waals surface area contributed by atoms with Gasteiger partial charge in [0, 0.05) is 25.3 Å². The number of anilines is 2. The molecule has 0 bridgehead atoms. The van der Waals surface area contributed by atoms with Crippen LogP contribution in [0.5, 0.6) is 0 Å². The van der Waals surface area contributed by atoms with Gasteiger partial charge in [-0.3, -0.25) is 0 Å². The molecule has 1 saturated heterocycles. The molecule has 1 aromatic heterocycles. The van der Waals surface area contributed by atoms with E-state index < -0.39 is 0 Å². The second-order valence-electron chi connectivity index (χ2n) is 4.43. The Labute approximate surface area is 101 Å². The lowest BCUT2D eigenvalue weighted by Crippen LogP contribution is -2.36. The summed E-state index contributed by atoms with van der Waals surface area (Å²) in [7, 11) is 0. The number of rotatable bonds is 3. The Morgan fingerprint density at radius 2 is 2.18 bits per heavy atom. The van der Waals surface area contributed by atoms with E-state index in [0.717, 1.165) is 37.3 Å². The molecular formula is C11H19N5O. The molecular weight excluding hydrogens is 218 g/mol. The van der Waals surface area contributed by atoms with E-state index >= 15 is 0 Å². The maximum Gasteiger partial charge on any atom is 0.148 e. The molecule has 6 nitrogen and oxygen atoms in total. The van der Waals surface area contributed by atoms with E-state index in [1.54, 1.807) is 0 Å². The van der Waals surface area contributed by atoms with Crippen LogP contribution in [0.1, 0.15) is 18.4 Å². The highest BCUT2D eigenvalue weighted by molar-refractivity contribution is 5.57. The smallest absolute Gasteiger partial charge is 0.148 e. The van der Waals surface area contributed by atoms with Crippen LogP contribution in [0.3, 0.4) is 0 Å². The molecule has 0 spiro atoms. The summed E-state index contributed by atoms with van der Waals surface area (Å²) in [6.45, 7) is 4.09. The molecule has 2 rings (SSSR count). The number of hydrogen-bond acceptors (Lipinski definition) is 6. The maximum atomic E-state index is 9.11. The predicted molar refractivity (Wildman–Crippen MR) is 66.6 cm³/mol. The molecule has 2 heterocycles. The van der Waals surface area contributed by atoms with Crippen molar-refractivity contribution in [3.05, 3.63) is 11.9 Å². The Balaban J connectivity index is 2.13. The number of nitrogen functional groups attached to an aromatic ring is 1. The van der Waals surface area contributed by atoms with E-state index in [9.17, 15) is 0 Å². The number of nitrogens with zero attached hydrogens (tertiary/aromatic N) is 3. The van der Waals surface area contributed by atoms with Gasteiger partial charge in [-0.1, -0.05) is 0 Å². The first kappa shape index (κ1) is 12.1. The minimum Gasteiger partial charge on any atom is -0.396 e. The number of nitrogens with two attached hydrogens (primary N) is 1. The van der Waals surface area contributed by atoms with Crippen molar-refractivity contribution < 1.29 is 5.11 Å². The molecule has 1 aromatic rings. The minimum atomic E-state index is 0.284. The van der Waals surface area contributed by atoms with Gasteiger partial charge in [-0.15, -0.1) is 0 Å². The molecule has 0 aliphatic carbocycles. The van der Waals surface area contributed by atoms with E-state index in [0.29, 0.717) is 11.7 Å². The second kappa shape index (κ2) is 5.29. The topological polar surface area (TPSA) is 87.3 Å².